The van der Waals surface area contributed by atoms with Crippen LogP contribution in [0.15, 0.2) is 53.4 Å². The maximum atomic E-state index is 13.0. The number of rotatable bonds is 6. The largest absolute Gasteiger partial charge is 0.573 e. The molecular weight excluding hydrogens is 407 g/mol. The molecule has 152 valence electrons. The first-order valence-electron chi connectivity index (χ1n) is 8.51. The second-order valence-electron chi connectivity index (χ2n) is 6.13. The van der Waals surface area contributed by atoms with E-state index in [4.69, 9.17) is 5.11 Å². The number of thioether (sulfide) groups is 1. The van der Waals surface area contributed by atoms with Crippen molar-refractivity contribution in [1.82, 2.24) is 0 Å². The Balaban J connectivity index is 1.95. The Kier molecular flexibility index (Phi) is 5.99. The van der Waals surface area contributed by atoms with Gasteiger partial charge in [0.15, 0.2) is 0 Å². The zero-order valence-electron chi connectivity index (χ0n) is 15.2. The van der Waals surface area contributed by atoms with Crippen LogP contribution in [0.5, 0.6) is 5.75 Å². The zero-order valence-corrected chi connectivity index (χ0v) is 16.0. The molecule has 0 bridgehead atoms. The molecule has 2 amide bonds. The molecule has 0 aromatic heterocycles. The average molecular weight is 423 g/mol. The lowest BCUT2D eigenvalue weighted by molar-refractivity contribution is -0.274. The number of imide groups is 1. The van der Waals surface area contributed by atoms with E-state index < -0.39 is 23.9 Å². The highest BCUT2D eigenvalue weighted by Crippen LogP contribution is 2.39. The van der Waals surface area contributed by atoms with Gasteiger partial charge in [-0.2, -0.15) is 0 Å². The highest BCUT2D eigenvalue weighted by atomic mass is 32.2. The number of benzene rings is 2. The molecule has 29 heavy (non-hydrogen) atoms. The average Bonchev–Trinajstić information content (AvgIpc) is 2.90. The first-order valence-corrected chi connectivity index (χ1v) is 9.49. The topological polar surface area (TPSA) is 66.8 Å². The van der Waals surface area contributed by atoms with Gasteiger partial charge in [0.2, 0.25) is 0 Å². The summed E-state index contributed by atoms with van der Waals surface area (Å²) in [5.41, 5.74) is 1.85. The fraction of sp³-hybridized carbons (Fsp3) is 0.200. The Morgan fingerprint density at radius 1 is 1.00 bits per heavy atom. The van der Waals surface area contributed by atoms with Crippen LogP contribution in [0.3, 0.4) is 0 Å². The number of aliphatic hydroxyl groups excluding tert-OH is 1. The predicted octanol–water partition coefficient (Wildman–Crippen LogP) is 3.90. The molecule has 0 spiro atoms. The highest BCUT2D eigenvalue weighted by Gasteiger charge is 2.40. The quantitative estimate of drug-likeness (QED) is 0.714. The number of carbonyl (C=O) groups is 2. The lowest BCUT2D eigenvalue weighted by atomic mass is 10.0. The molecule has 1 N–H and O–H groups in total. The van der Waals surface area contributed by atoms with Crippen molar-refractivity contribution in [2.45, 2.75) is 13.3 Å². The molecule has 1 heterocycles. The number of amides is 2. The fourth-order valence-corrected chi connectivity index (χ4v) is 3.66. The van der Waals surface area contributed by atoms with Crippen molar-refractivity contribution < 1.29 is 32.6 Å². The maximum absolute atomic E-state index is 13.0. The first-order chi connectivity index (χ1) is 13.7. The molecule has 0 atom stereocenters. The van der Waals surface area contributed by atoms with Crippen molar-refractivity contribution in [3.63, 3.8) is 0 Å². The maximum Gasteiger partial charge on any atom is 0.573 e. The molecule has 0 radical (unpaired) electrons. The second-order valence-corrected chi connectivity index (χ2v) is 7.23. The van der Waals surface area contributed by atoms with E-state index in [1.54, 1.807) is 24.3 Å². The summed E-state index contributed by atoms with van der Waals surface area (Å²) in [6.07, 6.45) is -4.84. The van der Waals surface area contributed by atoms with Crippen LogP contribution in [0.25, 0.3) is 5.57 Å². The number of anilines is 1. The van der Waals surface area contributed by atoms with E-state index in [2.05, 4.69) is 4.74 Å². The van der Waals surface area contributed by atoms with Crippen LogP contribution in [-0.4, -0.2) is 35.6 Å². The second kappa shape index (κ2) is 8.30. The molecule has 3 rings (SSSR count). The number of hydrogen-bond acceptors (Lipinski definition) is 5. The number of nitrogens with zero attached hydrogens (tertiary/aromatic N) is 1. The molecule has 5 nitrogen and oxygen atoms in total. The van der Waals surface area contributed by atoms with E-state index in [-0.39, 0.29) is 28.5 Å². The van der Waals surface area contributed by atoms with Crippen LogP contribution < -0.4 is 9.64 Å². The van der Waals surface area contributed by atoms with E-state index in [1.807, 2.05) is 6.92 Å². The summed E-state index contributed by atoms with van der Waals surface area (Å²) in [5.74, 6) is -1.41. The summed E-state index contributed by atoms with van der Waals surface area (Å²) in [7, 11) is 0. The van der Waals surface area contributed by atoms with Gasteiger partial charge >= 0.3 is 6.36 Å². The first kappa shape index (κ1) is 20.9. The molecule has 0 fully saturated rings. The summed E-state index contributed by atoms with van der Waals surface area (Å²) >= 11 is 1.06. The zero-order chi connectivity index (χ0) is 21.2. The van der Waals surface area contributed by atoms with Gasteiger partial charge in [0, 0.05) is 5.75 Å². The fourth-order valence-electron chi connectivity index (χ4n) is 2.80. The van der Waals surface area contributed by atoms with Crippen molar-refractivity contribution in [3.05, 3.63) is 64.6 Å². The Labute approximate surface area is 168 Å². The van der Waals surface area contributed by atoms with Gasteiger partial charge in [0.05, 0.1) is 22.8 Å². The summed E-state index contributed by atoms with van der Waals surface area (Å²) in [6, 6.07) is 11.5. The third kappa shape index (κ3) is 4.63. The van der Waals surface area contributed by atoms with E-state index in [0.29, 0.717) is 5.56 Å². The summed E-state index contributed by atoms with van der Waals surface area (Å²) in [5, 5.41) is 9.12. The van der Waals surface area contributed by atoms with E-state index in [0.717, 1.165) is 34.4 Å². The molecule has 1 aliphatic heterocycles. The van der Waals surface area contributed by atoms with Crippen molar-refractivity contribution in [2.75, 3.05) is 17.3 Å². The van der Waals surface area contributed by atoms with Gasteiger partial charge in [-0.05, 0) is 36.8 Å². The van der Waals surface area contributed by atoms with Crippen molar-refractivity contribution in [2.24, 2.45) is 0 Å². The van der Waals surface area contributed by atoms with Gasteiger partial charge < -0.3 is 9.84 Å². The predicted molar refractivity (Wildman–Crippen MR) is 103 cm³/mol. The number of ether oxygens (including phenoxy) is 1. The standard InChI is InChI=1S/C20H16F3NO4S/c1-12-2-4-13(5-3-12)16-17(29-11-10-25)19(27)24(18(16)26)14-6-8-15(9-7-14)28-20(21,22)23/h2-9,25H,10-11H2,1H3. The summed E-state index contributed by atoms with van der Waals surface area (Å²) in [4.78, 5) is 27.1. The molecule has 0 unspecified atom stereocenters. The van der Waals surface area contributed by atoms with E-state index in [1.165, 1.54) is 12.1 Å². The molecule has 1 aliphatic rings. The highest BCUT2D eigenvalue weighted by molar-refractivity contribution is 8.04. The number of aryl methyl sites for hydroxylation is 1. The van der Waals surface area contributed by atoms with Crippen LogP contribution in [0, 0.1) is 6.92 Å². The van der Waals surface area contributed by atoms with Gasteiger partial charge in [0.1, 0.15) is 5.75 Å². The van der Waals surface area contributed by atoms with Gasteiger partial charge in [-0.3, -0.25) is 9.59 Å². The minimum atomic E-state index is -4.84. The number of alkyl halides is 3. The molecule has 2 aromatic rings. The Hall–Kier alpha value is -2.78. The third-order valence-corrected chi connectivity index (χ3v) is 5.10. The van der Waals surface area contributed by atoms with E-state index >= 15 is 0 Å². The van der Waals surface area contributed by atoms with Crippen LogP contribution in [0.2, 0.25) is 0 Å². The van der Waals surface area contributed by atoms with Crippen LogP contribution in [-0.2, 0) is 9.59 Å². The number of carbonyl (C=O) groups excluding carboxylic acids is 2. The number of aliphatic hydroxyl groups is 1. The monoisotopic (exact) mass is 423 g/mol. The molecular formula is C20H16F3NO4S. The van der Waals surface area contributed by atoms with Gasteiger partial charge in [-0.15, -0.1) is 24.9 Å². The smallest absolute Gasteiger partial charge is 0.406 e. The van der Waals surface area contributed by atoms with Gasteiger partial charge in [0.25, 0.3) is 11.8 Å². The van der Waals surface area contributed by atoms with Crippen LogP contribution in [0.1, 0.15) is 11.1 Å². The van der Waals surface area contributed by atoms with Crippen molar-refractivity contribution in [1.29, 1.82) is 0 Å². The molecule has 0 saturated carbocycles. The van der Waals surface area contributed by atoms with Crippen molar-refractivity contribution in [3.8, 4) is 5.75 Å². The van der Waals surface area contributed by atoms with Crippen molar-refractivity contribution >= 4 is 34.8 Å². The minimum Gasteiger partial charge on any atom is -0.406 e. The summed E-state index contributed by atoms with van der Waals surface area (Å²) in [6.45, 7) is 1.71. The lowest BCUT2D eigenvalue weighted by Gasteiger charge is -2.16. The minimum absolute atomic E-state index is 0.124. The molecule has 2 aromatic carbocycles. The SMILES string of the molecule is Cc1ccc(C2=C(SCCO)C(=O)N(c3ccc(OC(F)(F)F)cc3)C2=O)cc1. The van der Waals surface area contributed by atoms with Crippen LogP contribution >= 0.6 is 11.8 Å². The Morgan fingerprint density at radius 2 is 1.62 bits per heavy atom. The summed E-state index contributed by atoms with van der Waals surface area (Å²) < 4.78 is 40.8. The van der Waals surface area contributed by atoms with Crippen LogP contribution in [0.4, 0.5) is 18.9 Å². The molecule has 0 aliphatic carbocycles. The third-order valence-electron chi connectivity index (χ3n) is 4.05. The number of halogens is 3. The normalized spacial score (nSPS) is 14.7. The molecule has 9 heteroatoms. The van der Waals surface area contributed by atoms with Gasteiger partial charge in [-0.1, -0.05) is 29.8 Å². The Morgan fingerprint density at radius 3 is 2.17 bits per heavy atom. The van der Waals surface area contributed by atoms with Gasteiger partial charge in [-0.25, -0.2) is 4.90 Å². The lowest BCUT2D eigenvalue weighted by Crippen LogP contribution is -2.31. The van der Waals surface area contributed by atoms with E-state index in [9.17, 15) is 22.8 Å². The Bertz CT molecular complexity index is 953. The molecule has 0 saturated heterocycles. The number of hydrogen-bond donors (Lipinski definition) is 1.